The van der Waals surface area contributed by atoms with Crippen molar-refractivity contribution in [2.75, 3.05) is 7.11 Å². The van der Waals surface area contributed by atoms with Crippen LogP contribution >= 0.6 is 11.3 Å². The van der Waals surface area contributed by atoms with E-state index in [0.717, 1.165) is 15.6 Å². The van der Waals surface area contributed by atoms with Crippen LogP contribution in [-0.2, 0) is 11.3 Å². The van der Waals surface area contributed by atoms with Crippen molar-refractivity contribution in [1.82, 2.24) is 9.55 Å². The lowest BCUT2D eigenvalue weighted by Crippen LogP contribution is -2.07. The standard InChI is InChI=1S/C16H10N4O2S/c1-22-16(21)15-11(10-4-2-3-5-14(10)23-15)8-20-9-19-12(6-17)13(20)7-18/h2-5,9H,8H2,1H3. The predicted molar refractivity (Wildman–Crippen MR) is 83.9 cm³/mol. The maximum Gasteiger partial charge on any atom is 0.348 e. The number of carbonyl (C=O) groups is 1. The molecule has 0 amide bonds. The Hall–Kier alpha value is -3.16. The zero-order valence-corrected chi connectivity index (χ0v) is 12.9. The fourth-order valence-corrected chi connectivity index (χ4v) is 3.52. The van der Waals surface area contributed by atoms with Gasteiger partial charge in [-0.25, -0.2) is 9.78 Å². The zero-order valence-electron chi connectivity index (χ0n) is 12.1. The molecule has 112 valence electrons. The number of hydrogen-bond donors (Lipinski definition) is 0. The summed E-state index contributed by atoms with van der Waals surface area (Å²) in [5, 5.41) is 19.2. The van der Waals surface area contributed by atoms with Crippen molar-refractivity contribution in [3.63, 3.8) is 0 Å². The zero-order chi connectivity index (χ0) is 16.4. The molecule has 7 heteroatoms. The molecule has 0 bridgehead atoms. The Morgan fingerprint density at radius 2 is 2.13 bits per heavy atom. The van der Waals surface area contributed by atoms with Gasteiger partial charge >= 0.3 is 5.97 Å². The summed E-state index contributed by atoms with van der Waals surface area (Å²) in [6.07, 6.45) is 1.44. The lowest BCUT2D eigenvalue weighted by Gasteiger charge is -2.06. The molecule has 0 saturated carbocycles. The summed E-state index contributed by atoms with van der Waals surface area (Å²) in [6, 6.07) is 11.5. The van der Waals surface area contributed by atoms with Crippen LogP contribution in [0.3, 0.4) is 0 Å². The summed E-state index contributed by atoms with van der Waals surface area (Å²) in [5.74, 6) is -0.416. The number of nitriles is 2. The Bertz CT molecular complexity index is 988. The van der Waals surface area contributed by atoms with Crippen molar-refractivity contribution < 1.29 is 9.53 Å². The first-order valence-electron chi connectivity index (χ1n) is 6.63. The number of aromatic nitrogens is 2. The van der Waals surface area contributed by atoms with Crippen molar-refractivity contribution in [3.05, 3.63) is 52.4 Å². The predicted octanol–water partition coefficient (Wildman–Crippen LogP) is 2.68. The molecule has 0 aliphatic rings. The third-order valence-corrected chi connectivity index (χ3v) is 4.64. The molecule has 0 aliphatic carbocycles. The normalized spacial score (nSPS) is 10.2. The molecule has 0 saturated heterocycles. The molecule has 6 nitrogen and oxygen atoms in total. The molecular formula is C16H10N4O2S. The van der Waals surface area contributed by atoms with Crippen LogP contribution in [0.5, 0.6) is 0 Å². The van der Waals surface area contributed by atoms with Gasteiger partial charge in [-0.15, -0.1) is 11.3 Å². The van der Waals surface area contributed by atoms with E-state index in [1.54, 1.807) is 4.57 Å². The summed E-state index contributed by atoms with van der Waals surface area (Å²) in [4.78, 5) is 16.5. The van der Waals surface area contributed by atoms with Crippen LogP contribution in [0.2, 0.25) is 0 Å². The van der Waals surface area contributed by atoms with Crippen LogP contribution in [-0.4, -0.2) is 22.6 Å². The Morgan fingerprint density at radius 3 is 2.83 bits per heavy atom. The molecule has 1 aromatic carbocycles. The van der Waals surface area contributed by atoms with Gasteiger partial charge in [-0.3, -0.25) is 0 Å². The summed E-state index contributed by atoms with van der Waals surface area (Å²) in [6.45, 7) is 0.270. The van der Waals surface area contributed by atoms with Gasteiger partial charge in [-0.05, 0) is 11.5 Å². The van der Waals surface area contributed by atoms with E-state index < -0.39 is 5.97 Å². The van der Waals surface area contributed by atoms with Gasteiger partial charge in [-0.2, -0.15) is 10.5 Å². The van der Waals surface area contributed by atoms with E-state index in [-0.39, 0.29) is 17.9 Å². The number of thiophene rings is 1. The van der Waals surface area contributed by atoms with Crippen LogP contribution in [0, 0.1) is 22.7 Å². The number of hydrogen-bond acceptors (Lipinski definition) is 6. The molecule has 2 aromatic heterocycles. The number of imidazole rings is 1. The molecule has 0 aliphatic heterocycles. The minimum atomic E-state index is -0.416. The number of esters is 1. The highest BCUT2D eigenvalue weighted by molar-refractivity contribution is 7.21. The van der Waals surface area contributed by atoms with E-state index >= 15 is 0 Å². The molecular weight excluding hydrogens is 312 g/mol. The number of nitrogens with zero attached hydrogens (tertiary/aromatic N) is 4. The second kappa shape index (κ2) is 5.91. The second-order valence-electron chi connectivity index (χ2n) is 4.69. The second-order valence-corrected chi connectivity index (χ2v) is 5.74. The van der Waals surface area contributed by atoms with Crippen LogP contribution in [0.25, 0.3) is 10.1 Å². The van der Waals surface area contributed by atoms with Crippen molar-refractivity contribution in [2.45, 2.75) is 6.54 Å². The number of carbonyl (C=O) groups excluding carboxylic acids is 1. The van der Waals surface area contributed by atoms with Gasteiger partial charge in [0.25, 0.3) is 0 Å². The fourth-order valence-electron chi connectivity index (χ4n) is 2.38. The highest BCUT2D eigenvalue weighted by Gasteiger charge is 2.20. The first-order valence-corrected chi connectivity index (χ1v) is 7.45. The molecule has 3 aromatic rings. The smallest absolute Gasteiger partial charge is 0.348 e. The Morgan fingerprint density at radius 1 is 1.35 bits per heavy atom. The average molecular weight is 322 g/mol. The highest BCUT2D eigenvalue weighted by Crippen LogP contribution is 2.32. The summed E-state index contributed by atoms with van der Waals surface area (Å²) >= 11 is 1.35. The van der Waals surface area contributed by atoms with Crippen LogP contribution in [0.4, 0.5) is 0 Å². The van der Waals surface area contributed by atoms with Gasteiger partial charge in [0.05, 0.1) is 20.0 Å². The highest BCUT2D eigenvalue weighted by atomic mass is 32.1. The molecule has 3 rings (SSSR count). The monoisotopic (exact) mass is 322 g/mol. The third-order valence-electron chi connectivity index (χ3n) is 3.45. The van der Waals surface area contributed by atoms with E-state index in [0.29, 0.717) is 4.88 Å². The lowest BCUT2D eigenvalue weighted by molar-refractivity contribution is 0.0605. The first kappa shape index (κ1) is 14.8. The molecule has 0 fully saturated rings. The number of fused-ring (bicyclic) bond motifs is 1. The van der Waals surface area contributed by atoms with E-state index in [9.17, 15) is 10.1 Å². The van der Waals surface area contributed by atoms with Crippen LogP contribution in [0.1, 0.15) is 26.6 Å². The Balaban J connectivity index is 2.17. The summed E-state index contributed by atoms with van der Waals surface area (Å²) < 4.78 is 7.39. The molecule has 23 heavy (non-hydrogen) atoms. The van der Waals surface area contributed by atoms with E-state index in [2.05, 4.69) is 4.98 Å². The number of ether oxygens (including phenoxy) is 1. The van der Waals surface area contributed by atoms with Gasteiger partial charge in [0.15, 0.2) is 11.4 Å². The SMILES string of the molecule is COC(=O)c1sc2ccccc2c1Cn1cnc(C#N)c1C#N. The number of methoxy groups -OCH3 is 1. The van der Waals surface area contributed by atoms with E-state index in [1.807, 2.05) is 36.4 Å². The van der Waals surface area contributed by atoms with Gasteiger partial charge in [-0.1, -0.05) is 18.2 Å². The summed E-state index contributed by atoms with van der Waals surface area (Å²) in [7, 11) is 1.34. The molecule has 0 N–H and O–H groups in total. The van der Waals surface area contributed by atoms with Crippen molar-refractivity contribution in [2.24, 2.45) is 0 Å². The van der Waals surface area contributed by atoms with Gasteiger partial charge < -0.3 is 9.30 Å². The van der Waals surface area contributed by atoms with Crippen LogP contribution < -0.4 is 0 Å². The topological polar surface area (TPSA) is 91.7 Å². The van der Waals surface area contributed by atoms with Crippen molar-refractivity contribution in [1.29, 1.82) is 10.5 Å². The molecule has 0 atom stereocenters. The lowest BCUT2D eigenvalue weighted by atomic mass is 10.1. The molecule has 0 spiro atoms. The van der Waals surface area contributed by atoms with Crippen molar-refractivity contribution >= 4 is 27.4 Å². The molecule has 0 radical (unpaired) electrons. The average Bonchev–Trinajstić information content (AvgIpc) is 3.15. The number of benzene rings is 1. The molecule has 0 unspecified atom stereocenters. The number of rotatable bonds is 3. The minimum Gasteiger partial charge on any atom is -0.465 e. The Kier molecular flexibility index (Phi) is 3.80. The van der Waals surface area contributed by atoms with Gasteiger partial charge in [0.1, 0.15) is 17.0 Å². The Labute approximate surface area is 135 Å². The largest absolute Gasteiger partial charge is 0.465 e. The van der Waals surface area contributed by atoms with E-state index in [4.69, 9.17) is 10.00 Å². The molecule has 2 heterocycles. The minimum absolute atomic E-state index is 0.0756. The maximum atomic E-state index is 12.1. The van der Waals surface area contributed by atoms with Gasteiger partial charge in [0.2, 0.25) is 0 Å². The summed E-state index contributed by atoms with van der Waals surface area (Å²) in [5.41, 5.74) is 1.01. The van der Waals surface area contributed by atoms with Gasteiger partial charge in [0, 0.05) is 10.3 Å². The van der Waals surface area contributed by atoms with Crippen molar-refractivity contribution in [3.8, 4) is 12.1 Å². The van der Waals surface area contributed by atoms with Crippen LogP contribution in [0.15, 0.2) is 30.6 Å². The quantitative estimate of drug-likeness (QED) is 0.691. The maximum absolute atomic E-state index is 12.1. The first-order chi connectivity index (χ1) is 11.2. The fraction of sp³-hybridized carbons (Fsp3) is 0.125. The van der Waals surface area contributed by atoms with E-state index in [1.165, 1.54) is 24.8 Å². The third kappa shape index (κ3) is 2.44.